The molecule has 0 aliphatic rings. The maximum atomic E-state index is 12.5. The first-order chi connectivity index (χ1) is 13.4. The molecule has 2 aromatic carbocycles. The molecule has 3 rings (SSSR count). The van der Waals surface area contributed by atoms with Gasteiger partial charge in [0.25, 0.3) is 0 Å². The van der Waals surface area contributed by atoms with E-state index in [1.54, 1.807) is 12.1 Å². The van der Waals surface area contributed by atoms with Gasteiger partial charge in [-0.2, -0.15) is 4.31 Å². The Kier molecular flexibility index (Phi) is 5.91. The summed E-state index contributed by atoms with van der Waals surface area (Å²) in [6, 6.07) is 15.7. The topological polar surface area (TPSA) is 89.7 Å². The minimum atomic E-state index is -3.77. The Hall–Kier alpha value is -2.97. The average molecular weight is 400 g/mol. The van der Waals surface area contributed by atoms with Gasteiger partial charge < -0.3 is 9.15 Å². The van der Waals surface area contributed by atoms with Crippen LogP contribution in [0.5, 0.6) is 0 Å². The molecule has 0 aliphatic carbocycles. The van der Waals surface area contributed by atoms with E-state index in [-0.39, 0.29) is 11.5 Å². The Balaban J connectivity index is 1.57. The van der Waals surface area contributed by atoms with Gasteiger partial charge in [-0.05, 0) is 31.2 Å². The quantitative estimate of drug-likeness (QED) is 0.567. The Morgan fingerprint density at radius 1 is 1.11 bits per heavy atom. The van der Waals surface area contributed by atoms with Gasteiger partial charge in [0.05, 0.1) is 4.90 Å². The molecule has 0 bridgehead atoms. The number of benzene rings is 2. The first-order valence-corrected chi connectivity index (χ1v) is 9.99. The van der Waals surface area contributed by atoms with Gasteiger partial charge in [-0.15, -0.1) is 0 Å². The van der Waals surface area contributed by atoms with Crippen molar-refractivity contribution >= 4 is 16.0 Å². The Morgan fingerprint density at radius 3 is 2.46 bits per heavy atom. The number of nitrogens with zero attached hydrogens (tertiary/aromatic N) is 2. The molecule has 3 aromatic rings. The summed E-state index contributed by atoms with van der Waals surface area (Å²) < 4.78 is 36.5. The molecule has 28 heavy (non-hydrogen) atoms. The van der Waals surface area contributed by atoms with Gasteiger partial charge in [0.15, 0.2) is 0 Å². The molecule has 0 atom stereocenters. The zero-order valence-electron chi connectivity index (χ0n) is 15.5. The van der Waals surface area contributed by atoms with Crippen LogP contribution in [0.3, 0.4) is 0 Å². The van der Waals surface area contributed by atoms with Crippen LogP contribution in [-0.4, -0.2) is 37.3 Å². The van der Waals surface area contributed by atoms with Gasteiger partial charge in [-0.25, -0.2) is 13.4 Å². The molecule has 0 saturated carbocycles. The molecule has 1 heterocycles. The van der Waals surface area contributed by atoms with Crippen LogP contribution < -0.4 is 0 Å². The molecule has 7 nitrogen and oxygen atoms in total. The highest BCUT2D eigenvalue weighted by atomic mass is 32.2. The number of hydrogen-bond acceptors (Lipinski definition) is 6. The zero-order chi connectivity index (χ0) is 20.1. The monoisotopic (exact) mass is 400 g/mol. The lowest BCUT2D eigenvalue weighted by molar-refractivity contribution is -0.145. The fourth-order valence-corrected chi connectivity index (χ4v) is 3.56. The molecule has 0 N–H and O–H groups in total. The Morgan fingerprint density at radius 2 is 1.79 bits per heavy atom. The van der Waals surface area contributed by atoms with E-state index in [4.69, 9.17) is 9.15 Å². The third kappa shape index (κ3) is 4.65. The highest BCUT2D eigenvalue weighted by Gasteiger charge is 2.23. The minimum Gasteiger partial charge on any atom is -0.458 e. The van der Waals surface area contributed by atoms with Crippen LogP contribution in [0.15, 0.2) is 70.2 Å². The number of likely N-dealkylation sites (N-methyl/N-ethyl adjacent to an activating group) is 1. The van der Waals surface area contributed by atoms with Crippen LogP contribution in [0.4, 0.5) is 0 Å². The number of oxazole rings is 1. The summed E-state index contributed by atoms with van der Waals surface area (Å²) in [4.78, 5) is 16.4. The molecule has 8 heteroatoms. The normalized spacial score (nSPS) is 11.5. The van der Waals surface area contributed by atoms with E-state index in [9.17, 15) is 13.2 Å². The first-order valence-electron chi connectivity index (χ1n) is 8.55. The largest absolute Gasteiger partial charge is 0.458 e. The molecule has 0 amide bonds. The number of hydrogen-bond donors (Lipinski definition) is 0. The maximum Gasteiger partial charge on any atom is 0.321 e. The molecular weight excluding hydrogens is 380 g/mol. The van der Waals surface area contributed by atoms with Gasteiger partial charge in [-0.1, -0.05) is 35.9 Å². The molecule has 0 spiro atoms. The van der Waals surface area contributed by atoms with Crippen molar-refractivity contribution < 1.29 is 22.4 Å². The van der Waals surface area contributed by atoms with Gasteiger partial charge in [-0.3, -0.25) is 4.79 Å². The summed E-state index contributed by atoms with van der Waals surface area (Å²) in [7, 11) is -2.43. The van der Waals surface area contributed by atoms with Crippen LogP contribution in [0, 0.1) is 6.92 Å². The van der Waals surface area contributed by atoms with Gasteiger partial charge in [0, 0.05) is 12.6 Å². The lowest BCUT2D eigenvalue weighted by Gasteiger charge is -2.16. The fourth-order valence-electron chi connectivity index (χ4n) is 2.44. The fraction of sp³-hybridized carbons (Fsp3) is 0.200. The lowest BCUT2D eigenvalue weighted by atomic mass is 10.2. The average Bonchev–Trinajstić information content (AvgIpc) is 3.16. The third-order valence-corrected chi connectivity index (χ3v) is 5.85. The van der Waals surface area contributed by atoms with Crippen LogP contribution in [-0.2, 0) is 26.2 Å². The molecule has 0 saturated heterocycles. The van der Waals surface area contributed by atoms with Crippen molar-refractivity contribution in [1.82, 2.24) is 9.29 Å². The molecule has 0 radical (unpaired) electrons. The smallest absolute Gasteiger partial charge is 0.321 e. The summed E-state index contributed by atoms with van der Waals surface area (Å²) in [5.74, 6) is -0.256. The Bertz CT molecular complexity index is 1040. The van der Waals surface area contributed by atoms with Crippen LogP contribution in [0.1, 0.15) is 11.3 Å². The zero-order valence-corrected chi connectivity index (χ0v) is 16.3. The summed E-state index contributed by atoms with van der Waals surface area (Å²) >= 11 is 0. The van der Waals surface area contributed by atoms with E-state index < -0.39 is 22.5 Å². The van der Waals surface area contributed by atoms with E-state index in [1.165, 1.54) is 25.4 Å². The third-order valence-electron chi connectivity index (χ3n) is 4.03. The number of carbonyl (C=O) groups excluding carboxylic acids is 1. The number of aryl methyl sites for hydroxylation is 1. The molecular formula is C20H20N2O5S. The second-order valence-electron chi connectivity index (χ2n) is 6.24. The first kappa shape index (κ1) is 19.8. The standard InChI is InChI=1S/C20H20N2O5S/c1-15-8-10-18(11-9-15)28(24,25)22(2)12-19(23)26-13-17-14-27-20(21-17)16-6-4-3-5-7-16/h3-11,14H,12-13H2,1-2H3. The number of ether oxygens (including phenoxy) is 1. The number of rotatable bonds is 7. The Labute approximate surface area is 163 Å². The van der Waals surface area contributed by atoms with Crippen LogP contribution >= 0.6 is 0 Å². The van der Waals surface area contributed by atoms with Crippen molar-refractivity contribution in [2.75, 3.05) is 13.6 Å². The highest BCUT2D eigenvalue weighted by molar-refractivity contribution is 7.89. The van der Waals surface area contributed by atoms with E-state index in [2.05, 4.69) is 4.98 Å². The number of aromatic nitrogens is 1. The van der Waals surface area contributed by atoms with E-state index >= 15 is 0 Å². The van der Waals surface area contributed by atoms with E-state index in [0.717, 1.165) is 15.4 Å². The van der Waals surface area contributed by atoms with Gasteiger partial charge in [0.2, 0.25) is 15.9 Å². The predicted molar refractivity (Wildman–Crippen MR) is 103 cm³/mol. The molecule has 1 aromatic heterocycles. The van der Waals surface area contributed by atoms with Crippen molar-refractivity contribution in [3.63, 3.8) is 0 Å². The van der Waals surface area contributed by atoms with Crippen molar-refractivity contribution in [2.24, 2.45) is 0 Å². The minimum absolute atomic E-state index is 0.104. The number of carbonyl (C=O) groups is 1. The molecule has 0 fully saturated rings. The van der Waals surface area contributed by atoms with Gasteiger partial charge >= 0.3 is 5.97 Å². The maximum absolute atomic E-state index is 12.5. The number of sulfonamides is 1. The van der Waals surface area contributed by atoms with Crippen molar-refractivity contribution in [1.29, 1.82) is 0 Å². The summed E-state index contributed by atoms with van der Waals surface area (Å²) in [5.41, 5.74) is 2.20. The van der Waals surface area contributed by atoms with Crippen molar-refractivity contribution in [2.45, 2.75) is 18.4 Å². The van der Waals surface area contributed by atoms with Crippen molar-refractivity contribution in [3.05, 3.63) is 72.1 Å². The van der Waals surface area contributed by atoms with Gasteiger partial charge in [0.1, 0.15) is 25.1 Å². The lowest BCUT2D eigenvalue weighted by Crippen LogP contribution is -2.33. The van der Waals surface area contributed by atoms with E-state index in [0.29, 0.717) is 11.6 Å². The SMILES string of the molecule is Cc1ccc(S(=O)(=O)N(C)CC(=O)OCc2coc(-c3ccccc3)n2)cc1. The number of esters is 1. The second-order valence-corrected chi connectivity index (χ2v) is 8.29. The van der Waals surface area contributed by atoms with Crippen molar-refractivity contribution in [3.8, 4) is 11.5 Å². The molecule has 0 unspecified atom stereocenters. The summed E-state index contributed by atoms with van der Waals surface area (Å²) in [5, 5.41) is 0. The molecule has 0 aliphatic heterocycles. The van der Waals surface area contributed by atoms with Crippen LogP contribution in [0.25, 0.3) is 11.5 Å². The summed E-state index contributed by atoms with van der Waals surface area (Å²) in [6.07, 6.45) is 1.41. The highest BCUT2D eigenvalue weighted by Crippen LogP contribution is 2.18. The summed E-state index contributed by atoms with van der Waals surface area (Å²) in [6.45, 7) is 1.36. The predicted octanol–water partition coefficient (Wildman–Crippen LogP) is 3.01. The molecule has 146 valence electrons. The van der Waals surface area contributed by atoms with E-state index in [1.807, 2.05) is 37.3 Å². The van der Waals surface area contributed by atoms with Crippen LogP contribution in [0.2, 0.25) is 0 Å². The second kappa shape index (κ2) is 8.37.